The first-order chi connectivity index (χ1) is 8.18. The second kappa shape index (κ2) is 3.28. The number of para-hydroxylation sites is 1. The number of allylic oxidation sites excluding steroid dienone is 1. The van der Waals surface area contributed by atoms with E-state index < -0.39 is 0 Å². The number of hydrogen-bond acceptors (Lipinski definition) is 4. The number of anilines is 1. The van der Waals surface area contributed by atoms with Crippen LogP contribution < -0.4 is 5.73 Å². The standard InChI is InChI=1S/C12H11N5/c1-7(2)8-4-3-5-9-10(8)15-12(13)17-6-14-16-11(9)17/h3-6H,1H2,2H3,(H2,13,15). The van der Waals surface area contributed by atoms with Crippen molar-refractivity contribution >= 4 is 28.1 Å². The summed E-state index contributed by atoms with van der Waals surface area (Å²) in [7, 11) is 0. The van der Waals surface area contributed by atoms with Crippen molar-refractivity contribution in [1.82, 2.24) is 19.6 Å². The molecule has 3 aromatic rings. The van der Waals surface area contributed by atoms with Crippen molar-refractivity contribution in [2.75, 3.05) is 5.73 Å². The number of nitrogen functional groups attached to an aromatic ring is 1. The predicted molar refractivity (Wildman–Crippen MR) is 67.4 cm³/mol. The van der Waals surface area contributed by atoms with Crippen LogP contribution in [0.5, 0.6) is 0 Å². The largest absolute Gasteiger partial charge is 0.369 e. The Balaban J connectivity index is 2.58. The lowest BCUT2D eigenvalue weighted by Crippen LogP contribution is -2.01. The molecule has 3 rings (SSSR count). The molecule has 2 N–H and O–H groups in total. The molecular weight excluding hydrogens is 214 g/mol. The monoisotopic (exact) mass is 225 g/mol. The Morgan fingerprint density at radius 3 is 3.00 bits per heavy atom. The smallest absolute Gasteiger partial charge is 0.207 e. The molecule has 0 aliphatic rings. The van der Waals surface area contributed by atoms with Crippen LogP contribution in [0, 0.1) is 0 Å². The van der Waals surface area contributed by atoms with Gasteiger partial charge in [-0.05, 0) is 18.6 Å². The molecule has 5 heteroatoms. The average Bonchev–Trinajstić information content (AvgIpc) is 2.78. The lowest BCUT2D eigenvalue weighted by molar-refractivity contribution is 1.09. The molecule has 0 saturated heterocycles. The fourth-order valence-electron chi connectivity index (χ4n) is 1.94. The van der Waals surface area contributed by atoms with Gasteiger partial charge in [0.05, 0.1) is 5.52 Å². The molecule has 2 aromatic heterocycles. The van der Waals surface area contributed by atoms with E-state index in [0.29, 0.717) is 5.95 Å². The molecule has 0 radical (unpaired) electrons. The Labute approximate surface area is 97.6 Å². The molecule has 0 saturated carbocycles. The van der Waals surface area contributed by atoms with E-state index >= 15 is 0 Å². The van der Waals surface area contributed by atoms with E-state index in [-0.39, 0.29) is 0 Å². The summed E-state index contributed by atoms with van der Waals surface area (Å²) in [5.74, 6) is 0.381. The fourth-order valence-corrected chi connectivity index (χ4v) is 1.94. The Kier molecular flexibility index (Phi) is 1.89. The van der Waals surface area contributed by atoms with Crippen LogP contribution in [0.3, 0.4) is 0 Å². The Morgan fingerprint density at radius 2 is 2.24 bits per heavy atom. The summed E-state index contributed by atoms with van der Waals surface area (Å²) in [5.41, 5.74) is 9.35. The predicted octanol–water partition coefficient (Wildman–Crippen LogP) is 1.89. The third-order valence-electron chi connectivity index (χ3n) is 2.76. The number of nitrogens with zero attached hydrogens (tertiary/aromatic N) is 4. The van der Waals surface area contributed by atoms with Crippen molar-refractivity contribution in [2.45, 2.75) is 6.92 Å². The van der Waals surface area contributed by atoms with Crippen molar-refractivity contribution in [3.05, 3.63) is 36.7 Å². The molecule has 0 fully saturated rings. The number of benzene rings is 1. The van der Waals surface area contributed by atoms with Crippen LogP contribution in [-0.4, -0.2) is 19.6 Å². The minimum absolute atomic E-state index is 0.381. The maximum absolute atomic E-state index is 5.88. The molecule has 0 atom stereocenters. The molecule has 0 aliphatic carbocycles. The van der Waals surface area contributed by atoms with E-state index in [2.05, 4.69) is 21.8 Å². The lowest BCUT2D eigenvalue weighted by atomic mass is 10.1. The number of nitrogens with two attached hydrogens (primary N) is 1. The molecule has 84 valence electrons. The second-order valence-electron chi connectivity index (χ2n) is 3.98. The van der Waals surface area contributed by atoms with Gasteiger partial charge in [-0.3, -0.25) is 4.40 Å². The minimum Gasteiger partial charge on any atom is -0.369 e. The lowest BCUT2D eigenvalue weighted by Gasteiger charge is -2.07. The van der Waals surface area contributed by atoms with Gasteiger partial charge in [0, 0.05) is 10.9 Å². The van der Waals surface area contributed by atoms with Gasteiger partial charge in [-0.1, -0.05) is 18.7 Å². The van der Waals surface area contributed by atoms with E-state index in [1.165, 1.54) is 0 Å². The van der Waals surface area contributed by atoms with Crippen LogP contribution >= 0.6 is 0 Å². The zero-order chi connectivity index (χ0) is 12.0. The van der Waals surface area contributed by atoms with E-state index in [1.807, 2.05) is 25.1 Å². The van der Waals surface area contributed by atoms with Crippen molar-refractivity contribution in [2.24, 2.45) is 0 Å². The third kappa shape index (κ3) is 1.29. The number of rotatable bonds is 1. The average molecular weight is 225 g/mol. The minimum atomic E-state index is 0.381. The second-order valence-corrected chi connectivity index (χ2v) is 3.98. The molecule has 0 unspecified atom stereocenters. The quantitative estimate of drug-likeness (QED) is 0.686. The number of hydrogen-bond donors (Lipinski definition) is 1. The molecule has 5 nitrogen and oxygen atoms in total. The van der Waals surface area contributed by atoms with E-state index in [9.17, 15) is 0 Å². The molecule has 0 aliphatic heterocycles. The van der Waals surface area contributed by atoms with Gasteiger partial charge in [0.2, 0.25) is 5.95 Å². The maximum atomic E-state index is 5.88. The zero-order valence-electron chi connectivity index (χ0n) is 9.38. The molecule has 17 heavy (non-hydrogen) atoms. The first kappa shape index (κ1) is 9.77. The van der Waals surface area contributed by atoms with Gasteiger partial charge >= 0.3 is 0 Å². The van der Waals surface area contributed by atoms with Gasteiger partial charge in [-0.2, -0.15) is 0 Å². The summed E-state index contributed by atoms with van der Waals surface area (Å²) in [6.45, 7) is 5.89. The Hall–Kier alpha value is -2.43. The fraction of sp³-hybridized carbons (Fsp3) is 0.0833. The summed E-state index contributed by atoms with van der Waals surface area (Å²) in [5, 5.41) is 8.86. The summed E-state index contributed by atoms with van der Waals surface area (Å²) >= 11 is 0. The van der Waals surface area contributed by atoms with Crippen molar-refractivity contribution < 1.29 is 0 Å². The van der Waals surface area contributed by atoms with Gasteiger partial charge < -0.3 is 5.73 Å². The maximum Gasteiger partial charge on any atom is 0.207 e. The first-order valence-electron chi connectivity index (χ1n) is 5.22. The summed E-state index contributed by atoms with van der Waals surface area (Å²) < 4.78 is 1.67. The molecule has 0 amide bonds. The van der Waals surface area contributed by atoms with Gasteiger partial charge in [0.25, 0.3) is 0 Å². The van der Waals surface area contributed by atoms with Gasteiger partial charge in [0.1, 0.15) is 6.33 Å². The van der Waals surface area contributed by atoms with Crippen molar-refractivity contribution in [1.29, 1.82) is 0 Å². The third-order valence-corrected chi connectivity index (χ3v) is 2.76. The first-order valence-corrected chi connectivity index (χ1v) is 5.22. The van der Waals surface area contributed by atoms with Gasteiger partial charge in [0.15, 0.2) is 5.65 Å². The van der Waals surface area contributed by atoms with Gasteiger partial charge in [-0.25, -0.2) is 4.98 Å². The molecule has 0 spiro atoms. The normalized spacial score (nSPS) is 11.1. The van der Waals surface area contributed by atoms with Crippen LogP contribution in [0.15, 0.2) is 31.1 Å². The molecule has 2 heterocycles. The molecule has 1 aromatic carbocycles. The van der Waals surface area contributed by atoms with E-state index in [0.717, 1.165) is 27.7 Å². The highest BCUT2D eigenvalue weighted by Crippen LogP contribution is 2.25. The summed E-state index contributed by atoms with van der Waals surface area (Å²) in [6, 6.07) is 5.89. The Morgan fingerprint density at radius 1 is 1.41 bits per heavy atom. The highest BCUT2D eigenvalue weighted by atomic mass is 15.3. The highest BCUT2D eigenvalue weighted by Gasteiger charge is 2.10. The van der Waals surface area contributed by atoms with E-state index in [4.69, 9.17) is 5.73 Å². The van der Waals surface area contributed by atoms with Crippen molar-refractivity contribution in [3.8, 4) is 0 Å². The SMILES string of the molecule is C=C(C)c1cccc2c1nc(N)n1cnnc21. The van der Waals surface area contributed by atoms with Crippen LogP contribution in [-0.2, 0) is 0 Å². The summed E-state index contributed by atoms with van der Waals surface area (Å²) in [4.78, 5) is 4.40. The Bertz CT molecular complexity index is 741. The summed E-state index contributed by atoms with van der Waals surface area (Å²) in [6.07, 6.45) is 1.56. The molecular formula is C12H11N5. The topological polar surface area (TPSA) is 69.1 Å². The van der Waals surface area contributed by atoms with Crippen molar-refractivity contribution in [3.63, 3.8) is 0 Å². The van der Waals surface area contributed by atoms with E-state index in [1.54, 1.807) is 10.7 Å². The van der Waals surface area contributed by atoms with Crippen LogP contribution in [0.2, 0.25) is 0 Å². The van der Waals surface area contributed by atoms with Crippen LogP contribution in [0.25, 0.3) is 22.1 Å². The zero-order valence-corrected chi connectivity index (χ0v) is 9.38. The number of aromatic nitrogens is 4. The van der Waals surface area contributed by atoms with Crippen LogP contribution in [0.1, 0.15) is 12.5 Å². The van der Waals surface area contributed by atoms with Gasteiger partial charge in [-0.15, -0.1) is 10.2 Å². The van der Waals surface area contributed by atoms with Crippen LogP contribution in [0.4, 0.5) is 5.95 Å². The number of fused-ring (bicyclic) bond motifs is 3. The molecule has 0 bridgehead atoms. The highest BCUT2D eigenvalue weighted by molar-refractivity contribution is 5.98.